The Kier molecular flexibility index (Phi) is 3.39. The maximum absolute atomic E-state index is 9.99. The topological polar surface area (TPSA) is 36.4 Å². The molecule has 0 amide bonds. The normalized spacial score (nSPS) is 21.5. The van der Waals surface area contributed by atoms with Gasteiger partial charge in [0.25, 0.3) is 0 Å². The summed E-state index contributed by atoms with van der Waals surface area (Å²) < 4.78 is 1.20. The van der Waals surface area contributed by atoms with E-state index in [1.165, 1.54) is 3.57 Å². The highest BCUT2D eigenvalue weighted by Gasteiger charge is 2.33. The first kappa shape index (κ1) is 12.1. The highest BCUT2D eigenvalue weighted by Crippen LogP contribution is 2.29. The number of anilines is 1. The molecule has 88 valence electrons. The summed E-state index contributed by atoms with van der Waals surface area (Å²) in [6, 6.07) is 4.08. The van der Waals surface area contributed by atoms with Crippen LogP contribution in [0.4, 0.5) is 5.82 Å². The van der Waals surface area contributed by atoms with Crippen molar-refractivity contribution in [3.05, 3.63) is 21.9 Å². The fourth-order valence-corrected chi connectivity index (χ4v) is 2.55. The third-order valence-electron chi connectivity index (χ3n) is 3.22. The summed E-state index contributed by atoms with van der Waals surface area (Å²) in [5.74, 6) is 1.37. The number of hydrogen-bond acceptors (Lipinski definition) is 3. The molecule has 1 aromatic rings. The maximum Gasteiger partial charge on any atom is 0.129 e. The molecule has 16 heavy (non-hydrogen) atoms. The highest BCUT2D eigenvalue weighted by molar-refractivity contribution is 14.1. The second-order valence-electron chi connectivity index (χ2n) is 4.92. The molecule has 2 heterocycles. The van der Waals surface area contributed by atoms with Crippen LogP contribution in [0.1, 0.15) is 20.3 Å². The minimum absolute atomic E-state index is 0.340. The van der Waals surface area contributed by atoms with Gasteiger partial charge in [-0.3, -0.25) is 0 Å². The molecule has 3 nitrogen and oxygen atoms in total. The molecule has 0 saturated carbocycles. The lowest BCUT2D eigenvalue weighted by Crippen LogP contribution is -2.33. The molecule has 0 aliphatic carbocycles. The van der Waals surface area contributed by atoms with Gasteiger partial charge in [0.1, 0.15) is 5.82 Å². The molecule has 0 aromatic carbocycles. The van der Waals surface area contributed by atoms with Crippen LogP contribution in [0.25, 0.3) is 0 Å². The van der Waals surface area contributed by atoms with Gasteiger partial charge >= 0.3 is 0 Å². The lowest BCUT2D eigenvalue weighted by Gasteiger charge is -2.25. The SMILES string of the molecule is CC(C)(O)[C@@H]1CCN(c2cc(I)ccn2)C1. The molecule has 1 aliphatic heterocycles. The van der Waals surface area contributed by atoms with E-state index in [1.54, 1.807) is 0 Å². The van der Waals surface area contributed by atoms with Gasteiger partial charge in [-0.15, -0.1) is 0 Å². The van der Waals surface area contributed by atoms with Crippen molar-refractivity contribution < 1.29 is 5.11 Å². The van der Waals surface area contributed by atoms with Crippen molar-refractivity contribution in [3.8, 4) is 0 Å². The molecule has 2 rings (SSSR count). The Balaban J connectivity index is 2.09. The van der Waals surface area contributed by atoms with Crippen LogP contribution in [0.3, 0.4) is 0 Å². The molecule has 0 unspecified atom stereocenters. The average Bonchev–Trinajstić information content (AvgIpc) is 2.65. The maximum atomic E-state index is 9.99. The van der Waals surface area contributed by atoms with Crippen LogP contribution in [-0.4, -0.2) is 28.8 Å². The summed E-state index contributed by atoms with van der Waals surface area (Å²) in [7, 11) is 0. The Morgan fingerprint density at radius 1 is 1.56 bits per heavy atom. The summed E-state index contributed by atoms with van der Waals surface area (Å²) in [5, 5.41) is 9.99. The van der Waals surface area contributed by atoms with Gasteiger partial charge in [0.05, 0.1) is 5.60 Å². The van der Waals surface area contributed by atoms with Crippen molar-refractivity contribution in [3.63, 3.8) is 0 Å². The first-order valence-electron chi connectivity index (χ1n) is 5.55. The zero-order valence-electron chi connectivity index (χ0n) is 9.65. The molecule has 1 aromatic heterocycles. The van der Waals surface area contributed by atoms with E-state index in [0.29, 0.717) is 5.92 Å². The van der Waals surface area contributed by atoms with Gasteiger partial charge in [-0.25, -0.2) is 4.98 Å². The van der Waals surface area contributed by atoms with Gasteiger partial charge in [0, 0.05) is 28.8 Å². The van der Waals surface area contributed by atoms with Gasteiger partial charge in [-0.1, -0.05) is 0 Å². The number of pyridine rings is 1. The van der Waals surface area contributed by atoms with E-state index in [-0.39, 0.29) is 0 Å². The average molecular weight is 332 g/mol. The van der Waals surface area contributed by atoms with Crippen molar-refractivity contribution in [1.29, 1.82) is 0 Å². The Morgan fingerprint density at radius 2 is 2.31 bits per heavy atom. The van der Waals surface area contributed by atoms with Crippen LogP contribution in [0.2, 0.25) is 0 Å². The summed E-state index contributed by atoms with van der Waals surface area (Å²) in [4.78, 5) is 6.63. The Morgan fingerprint density at radius 3 is 2.88 bits per heavy atom. The fourth-order valence-electron chi connectivity index (χ4n) is 2.11. The third kappa shape index (κ3) is 2.66. The standard InChI is InChI=1S/C12H17IN2O/c1-12(2,16)9-4-6-15(8-9)11-7-10(13)3-5-14-11/h3,5,7,9,16H,4,6,8H2,1-2H3/t9-/m1/s1. The summed E-state index contributed by atoms with van der Waals surface area (Å²) in [5.41, 5.74) is -0.587. The van der Waals surface area contributed by atoms with Gasteiger partial charge < -0.3 is 10.0 Å². The van der Waals surface area contributed by atoms with Crippen LogP contribution in [0.5, 0.6) is 0 Å². The molecular formula is C12H17IN2O. The van der Waals surface area contributed by atoms with Crippen LogP contribution in [0.15, 0.2) is 18.3 Å². The molecule has 1 N–H and O–H groups in total. The molecular weight excluding hydrogens is 315 g/mol. The van der Waals surface area contributed by atoms with E-state index in [4.69, 9.17) is 0 Å². The van der Waals surface area contributed by atoms with Crippen LogP contribution >= 0.6 is 22.6 Å². The first-order valence-corrected chi connectivity index (χ1v) is 6.63. The van der Waals surface area contributed by atoms with Crippen molar-refractivity contribution in [2.75, 3.05) is 18.0 Å². The second kappa shape index (κ2) is 4.49. The van der Waals surface area contributed by atoms with Crippen molar-refractivity contribution in [2.45, 2.75) is 25.9 Å². The zero-order chi connectivity index (χ0) is 11.8. The quantitative estimate of drug-likeness (QED) is 0.845. The van der Waals surface area contributed by atoms with E-state index in [0.717, 1.165) is 25.3 Å². The summed E-state index contributed by atoms with van der Waals surface area (Å²) in [6.45, 7) is 5.67. The Hall–Kier alpha value is -0.360. The molecule has 1 aliphatic rings. The minimum atomic E-state index is -0.587. The number of halogens is 1. The summed E-state index contributed by atoms with van der Waals surface area (Å²) >= 11 is 2.30. The number of rotatable bonds is 2. The predicted molar refractivity (Wildman–Crippen MR) is 73.6 cm³/mol. The second-order valence-corrected chi connectivity index (χ2v) is 6.16. The van der Waals surface area contributed by atoms with E-state index in [2.05, 4.69) is 38.5 Å². The molecule has 0 bridgehead atoms. The first-order chi connectivity index (χ1) is 7.47. The van der Waals surface area contributed by atoms with E-state index in [1.807, 2.05) is 26.1 Å². The number of nitrogens with zero attached hydrogens (tertiary/aromatic N) is 2. The Labute approximate surface area is 110 Å². The largest absolute Gasteiger partial charge is 0.390 e. The molecule has 0 radical (unpaired) electrons. The van der Waals surface area contributed by atoms with Crippen molar-refractivity contribution in [2.24, 2.45) is 5.92 Å². The van der Waals surface area contributed by atoms with Crippen molar-refractivity contribution in [1.82, 2.24) is 4.98 Å². The van der Waals surface area contributed by atoms with Crippen molar-refractivity contribution >= 4 is 28.4 Å². The van der Waals surface area contributed by atoms with E-state index in [9.17, 15) is 5.11 Å². The number of aliphatic hydroxyl groups is 1. The van der Waals surface area contributed by atoms with Gasteiger partial charge in [0.2, 0.25) is 0 Å². The smallest absolute Gasteiger partial charge is 0.129 e. The monoisotopic (exact) mass is 332 g/mol. The lowest BCUT2D eigenvalue weighted by molar-refractivity contribution is 0.0263. The van der Waals surface area contributed by atoms with Crippen LogP contribution in [-0.2, 0) is 0 Å². The van der Waals surface area contributed by atoms with E-state index >= 15 is 0 Å². The van der Waals surface area contributed by atoms with Crippen LogP contribution in [0, 0.1) is 9.49 Å². The predicted octanol–water partition coefficient (Wildman–Crippen LogP) is 2.28. The zero-order valence-corrected chi connectivity index (χ0v) is 11.8. The highest BCUT2D eigenvalue weighted by atomic mass is 127. The van der Waals surface area contributed by atoms with Crippen LogP contribution < -0.4 is 4.90 Å². The number of aromatic nitrogens is 1. The Bertz CT molecular complexity index is 376. The summed E-state index contributed by atoms with van der Waals surface area (Å²) in [6.07, 6.45) is 2.88. The van der Waals surface area contributed by atoms with E-state index < -0.39 is 5.60 Å². The molecule has 0 spiro atoms. The fraction of sp³-hybridized carbons (Fsp3) is 0.583. The van der Waals surface area contributed by atoms with Gasteiger partial charge in [0.15, 0.2) is 0 Å². The van der Waals surface area contributed by atoms with Gasteiger partial charge in [-0.2, -0.15) is 0 Å². The minimum Gasteiger partial charge on any atom is -0.390 e. The lowest BCUT2D eigenvalue weighted by atomic mass is 9.90. The third-order valence-corrected chi connectivity index (χ3v) is 3.89. The van der Waals surface area contributed by atoms with Gasteiger partial charge in [-0.05, 0) is 55.0 Å². The number of hydrogen-bond donors (Lipinski definition) is 1. The molecule has 4 heteroatoms. The molecule has 1 saturated heterocycles. The molecule has 1 fully saturated rings. The molecule has 1 atom stereocenters.